The van der Waals surface area contributed by atoms with Crippen molar-refractivity contribution in [3.8, 4) is 0 Å². The molecule has 0 bridgehead atoms. The van der Waals surface area contributed by atoms with Gasteiger partial charge in [-0.05, 0) is 63.7 Å². The summed E-state index contributed by atoms with van der Waals surface area (Å²) in [6.45, 7) is 3.86. The average Bonchev–Trinajstić information content (AvgIpc) is 2.69. The van der Waals surface area contributed by atoms with Crippen LogP contribution in [0.25, 0.3) is 0 Å². The molecule has 6 heteroatoms. The van der Waals surface area contributed by atoms with Gasteiger partial charge in [-0.2, -0.15) is 0 Å². The van der Waals surface area contributed by atoms with Crippen molar-refractivity contribution in [1.29, 1.82) is 0 Å². The smallest absolute Gasteiger partial charge is 0.132 e. The Morgan fingerprint density at radius 3 is 2.83 bits per heavy atom. The molecule has 0 saturated carbocycles. The highest BCUT2D eigenvalue weighted by atomic mass is 127. The van der Waals surface area contributed by atoms with E-state index in [-0.39, 0.29) is 0 Å². The first kappa shape index (κ1) is 14.0. The Hall–Kier alpha value is -0.380. The Labute approximate surface area is 134 Å². The van der Waals surface area contributed by atoms with Gasteiger partial charge in [-0.15, -0.1) is 0 Å². The molecule has 4 nitrogen and oxygen atoms in total. The summed E-state index contributed by atoms with van der Waals surface area (Å²) in [5, 5.41) is 3.30. The van der Waals surface area contributed by atoms with Crippen molar-refractivity contribution in [2.24, 2.45) is 0 Å². The molecule has 0 aliphatic rings. The molecule has 0 radical (unpaired) electrons. The lowest BCUT2D eigenvalue weighted by Crippen LogP contribution is -2.06. The van der Waals surface area contributed by atoms with E-state index in [0.29, 0.717) is 0 Å². The zero-order valence-corrected chi connectivity index (χ0v) is 14.3. The number of hydrogen-bond donors (Lipinski definition) is 1. The summed E-state index contributed by atoms with van der Waals surface area (Å²) in [5.74, 6) is 0.944. The van der Waals surface area contributed by atoms with Crippen molar-refractivity contribution >= 4 is 51.0 Å². The van der Waals surface area contributed by atoms with Gasteiger partial charge >= 0.3 is 0 Å². The van der Waals surface area contributed by atoms with E-state index in [1.807, 2.05) is 24.5 Å². The monoisotopic (exact) mass is 468 g/mol. The van der Waals surface area contributed by atoms with Crippen molar-refractivity contribution in [3.63, 3.8) is 0 Å². The lowest BCUT2D eigenvalue weighted by molar-refractivity contribution is 0.755. The minimum absolute atomic E-state index is 0.760. The van der Waals surface area contributed by atoms with Crippen LogP contribution in [0.2, 0.25) is 0 Å². The Balaban J connectivity index is 2.11. The highest BCUT2D eigenvalue weighted by molar-refractivity contribution is 14.1. The van der Waals surface area contributed by atoms with Crippen LogP contribution in [0.3, 0.4) is 0 Å². The number of nitrogens with zero attached hydrogens (tertiary/aromatic N) is 3. The van der Waals surface area contributed by atoms with Gasteiger partial charge < -0.3 is 9.88 Å². The molecule has 96 valence electrons. The standard InChI is InChI=1S/C12H14I2N4/c1-2-6-15-10-5-3-4-9(17-10)7-18-8-16-11(13)12(18)14/h3-5,8H,2,6-7H2,1H3,(H,15,17). The van der Waals surface area contributed by atoms with E-state index in [1.165, 1.54) is 0 Å². The number of imidazole rings is 1. The maximum atomic E-state index is 4.59. The van der Waals surface area contributed by atoms with Crippen LogP contribution in [-0.4, -0.2) is 21.1 Å². The molecule has 0 amide bonds. The van der Waals surface area contributed by atoms with Crippen molar-refractivity contribution in [3.05, 3.63) is 37.6 Å². The third kappa shape index (κ3) is 3.56. The van der Waals surface area contributed by atoms with Crippen LogP contribution in [-0.2, 0) is 6.54 Å². The first-order valence-electron chi connectivity index (χ1n) is 5.76. The minimum atomic E-state index is 0.760. The topological polar surface area (TPSA) is 42.7 Å². The Morgan fingerprint density at radius 1 is 1.33 bits per heavy atom. The number of halogens is 2. The molecule has 0 spiro atoms. The van der Waals surface area contributed by atoms with Crippen LogP contribution in [0.5, 0.6) is 0 Å². The van der Waals surface area contributed by atoms with Crippen LogP contribution >= 0.6 is 45.2 Å². The van der Waals surface area contributed by atoms with Gasteiger partial charge in [0.05, 0.1) is 18.6 Å². The SMILES string of the molecule is CCCNc1cccc(Cn2cnc(I)c2I)n1. The van der Waals surface area contributed by atoms with Crippen LogP contribution < -0.4 is 5.32 Å². The number of anilines is 1. The lowest BCUT2D eigenvalue weighted by Gasteiger charge is -2.07. The maximum Gasteiger partial charge on any atom is 0.132 e. The minimum Gasteiger partial charge on any atom is -0.370 e. The quantitative estimate of drug-likeness (QED) is 0.685. The second-order valence-electron chi connectivity index (χ2n) is 3.90. The first-order chi connectivity index (χ1) is 8.70. The number of pyridine rings is 1. The van der Waals surface area contributed by atoms with Gasteiger partial charge in [-0.1, -0.05) is 13.0 Å². The molecule has 0 aromatic carbocycles. The van der Waals surface area contributed by atoms with E-state index >= 15 is 0 Å². The fraction of sp³-hybridized carbons (Fsp3) is 0.333. The van der Waals surface area contributed by atoms with Gasteiger partial charge in [0.25, 0.3) is 0 Å². The molecule has 2 rings (SSSR count). The van der Waals surface area contributed by atoms with Crippen LogP contribution in [0.15, 0.2) is 24.5 Å². The summed E-state index contributed by atoms with van der Waals surface area (Å²) in [6, 6.07) is 6.08. The zero-order valence-electron chi connectivity index (χ0n) is 10.0. The molecule has 18 heavy (non-hydrogen) atoms. The van der Waals surface area contributed by atoms with Gasteiger partial charge in [0.2, 0.25) is 0 Å². The van der Waals surface area contributed by atoms with Crippen LogP contribution in [0, 0.1) is 7.40 Å². The van der Waals surface area contributed by atoms with Gasteiger partial charge in [-0.25, -0.2) is 9.97 Å². The molecule has 0 unspecified atom stereocenters. The number of rotatable bonds is 5. The molecule has 0 aliphatic heterocycles. The molecule has 2 aromatic rings. The van der Waals surface area contributed by atoms with E-state index in [9.17, 15) is 0 Å². The summed E-state index contributed by atoms with van der Waals surface area (Å²) in [6.07, 6.45) is 2.96. The van der Waals surface area contributed by atoms with E-state index in [0.717, 1.165) is 38.4 Å². The van der Waals surface area contributed by atoms with Crippen molar-refractivity contribution < 1.29 is 0 Å². The first-order valence-corrected chi connectivity index (χ1v) is 7.92. The largest absolute Gasteiger partial charge is 0.370 e. The van der Waals surface area contributed by atoms with Crippen molar-refractivity contribution in [1.82, 2.24) is 14.5 Å². The summed E-state index contributed by atoms with van der Waals surface area (Å²) in [7, 11) is 0. The fourth-order valence-corrected chi connectivity index (χ4v) is 2.42. The maximum absolute atomic E-state index is 4.59. The summed E-state index contributed by atoms with van der Waals surface area (Å²) in [5.41, 5.74) is 1.04. The molecular formula is C12H14I2N4. The van der Waals surface area contributed by atoms with Crippen LogP contribution in [0.1, 0.15) is 19.0 Å². The molecule has 2 aromatic heterocycles. The number of hydrogen-bond acceptors (Lipinski definition) is 3. The Morgan fingerprint density at radius 2 is 2.17 bits per heavy atom. The number of nitrogens with one attached hydrogen (secondary N) is 1. The van der Waals surface area contributed by atoms with E-state index < -0.39 is 0 Å². The Kier molecular flexibility index (Phi) is 5.22. The van der Waals surface area contributed by atoms with Gasteiger partial charge in [-0.3, -0.25) is 0 Å². The third-order valence-corrected chi connectivity index (χ3v) is 5.38. The van der Waals surface area contributed by atoms with Gasteiger partial charge in [0, 0.05) is 6.54 Å². The molecule has 0 fully saturated rings. The summed E-state index contributed by atoms with van der Waals surface area (Å²) >= 11 is 4.55. The van der Waals surface area contributed by atoms with E-state index in [1.54, 1.807) is 0 Å². The molecule has 0 atom stereocenters. The predicted octanol–water partition coefficient (Wildman–Crippen LogP) is 3.36. The second-order valence-corrected chi connectivity index (χ2v) is 5.94. The summed E-state index contributed by atoms with van der Waals surface area (Å²) in [4.78, 5) is 8.87. The zero-order chi connectivity index (χ0) is 13.0. The predicted molar refractivity (Wildman–Crippen MR) is 89.8 cm³/mol. The summed E-state index contributed by atoms with van der Waals surface area (Å²) < 4.78 is 4.30. The lowest BCUT2D eigenvalue weighted by atomic mass is 10.3. The highest BCUT2D eigenvalue weighted by Crippen LogP contribution is 2.15. The van der Waals surface area contributed by atoms with Crippen molar-refractivity contribution in [2.75, 3.05) is 11.9 Å². The second kappa shape index (κ2) is 6.69. The molecule has 0 aliphatic carbocycles. The fourth-order valence-electron chi connectivity index (χ4n) is 1.55. The van der Waals surface area contributed by atoms with Crippen molar-refractivity contribution in [2.45, 2.75) is 19.9 Å². The highest BCUT2D eigenvalue weighted by Gasteiger charge is 2.06. The van der Waals surface area contributed by atoms with E-state index in [2.05, 4.69) is 72.0 Å². The van der Waals surface area contributed by atoms with E-state index in [4.69, 9.17) is 0 Å². The number of aromatic nitrogens is 3. The van der Waals surface area contributed by atoms with Gasteiger partial charge in [0.1, 0.15) is 13.2 Å². The molecule has 1 N–H and O–H groups in total. The normalized spacial score (nSPS) is 10.6. The molecule has 2 heterocycles. The molecule has 0 saturated heterocycles. The average molecular weight is 468 g/mol. The third-order valence-electron chi connectivity index (χ3n) is 2.43. The van der Waals surface area contributed by atoms with Crippen LogP contribution in [0.4, 0.5) is 5.82 Å². The Bertz CT molecular complexity index is 525. The van der Waals surface area contributed by atoms with Gasteiger partial charge in [0.15, 0.2) is 0 Å². The molecular weight excluding hydrogens is 454 g/mol.